The van der Waals surface area contributed by atoms with Crippen molar-refractivity contribution in [3.05, 3.63) is 35.9 Å². The maximum atomic E-state index is 12.4. The highest BCUT2D eigenvalue weighted by Gasteiger charge is 2.19. The molecule has 1 aromatic rings. The topological polar surface area (TPSA) is 76.7 Å². The summed E-state index contributed by atoms with van der Waals surface area (Å²) in [5.74, 6) is 0.450. The van der Waals surface area contributed by atoms with Crippen molar-refractivity contribution in [1.82, 2.24) is 10.6 Å². The Morgan fingerprint density at radius 2 is 2.00 bits per heavy atom. The number of carbonyl (C=O) groups is 2. The van der Waals surface area contributed by atoms with Crippen molar-refractivity contribution in [2.45, 2.75) is 26.3 Å². The summed E-state index contributed by atoms with van der Waals surface area (Å²) in [6, 6.07) is 2.67. The largest absolute Gasteiger partial charge is 0.493 e. The summed E-state index contributed by atoms with van der Waals surface area (Å²) in [7, 11) is 3.05. The molecule has 1 aromatic carbocycles. The number of amides is 2. The number of hydrogen-bond donors (Lipinski definition) is 2. The van der Waals surface area contributed by atoms with Gasteiger partial charge in [-0.3, -0.25) is 9.59 Å². The van der Waals surface area contributed by atoms with Gasteiger partial charge in [0.1, 0.15) is 6.04 Å². The summed E-state index contributed by atoms with van der Waals surface area (Å²) in [4.78, 5) is 24.1. The Hall–Kier alpha value is -2.50. The zero-order valence-corrected chi connectivity index (χ0v) is 14.1. The van der Waals surface area contributed by atoms with Crippen LogP contribution in [0.2, 0.25) is 0 Å². The molecule has 2 N–H and O–H groups in total. The lowest BCUT2D eigenvalue weighted by atomic mass is 10.0. The Morgan fingerprint density at radius 3 is 2.52 bits per heavy atom. The first-order valence-electron chi connectivity index (χ1n) is 7.42. The normalized spacial score (nSPS) is 11.3. The van der Waals surface area contributed by atoms with Crippen LogP contribution in [0.5, 0.6) is 11.5 Å². The predicted molar refractivity (Wildman–Crippen MR) is 89.1 cm³/mol. The molecule has 23 heavy (non-hydrogen) atoms. The average molecular weight is 320 g/mol. The van der Waals surface area contributed by atoms with E-state index in [0.717, 1.165) is 5.56 Å². The zero-order chi connectivity index (χ0) is 17.4. The van der Waals surface area contributed by atoms with Gasteiger partial charge >= 0.3 is 0 Å². The Kier molecular flexibility index (Phi) is 7.12. The van der Waals surface area contributed by atoms with Gasteiger partial charge < -0.3 is 20.1 Å². The fourth-order valence-corrected chi connectivity index (χ4v) is 2.15. The van der Waals surface area contributed by atoms with E-state index in [1.54, 1.807) is 32.2 Å². The second kappa shape index (κ2) is 8.82. The third-order valence-electron chi connectivity index (χ3n) is 3.27. The molecule has 0 radical (unpaired) electrons. The third kappa shape index (κ3) is 4.74. The van der Waals surface area contributed by atoms with Gasteiger partial charge in [0, 0.05) is 17.7 Å². The highest BCUT2D eigenvalue weighted by Crippen LogP contribution is 2.33. The monoisotopic (exact) mass is 320 g/mol. The number of methoxy groups -OCH3 is 2. The Balaban J connectivity index is 3.07. The molecule has 1 rings (SSSR count). The Morgan fingerprint density at radius 1 is 1.30 bits per heavy atom. The van der Waals surface area contributed by atoms with Crippen molar-refractivity contribution in [2.75, 3.05) is 20.8 Å². The molecular formula is C17H24N2O4. The zero-order valence-electron chi connectivity index (χ0n) is 14.1. The van der Waals surface area contributed by atoms with E-state index in [1.807, 2.05) is 6.92 Å². The van der Waals surface area contributed by atoms with Gasteiger partial charge in [-0.1, -0.05) is 6.08 Å². The first kappa shape index (κ1) is 18.5. The molecule has 1 unspecified atom stereocenters. The van der Waals surface area contributed by atoms with Crippen LogP contribution in [-0.4, -0.2) is 38.6 Å². The van der Waals surface area contributed by atoms with Crippen LogP contribution in [0.1, 0.15) is 29.8 Å². The molecule has 6 heteroatoms. The number of allylic oxidation sites excluding steroid dienone is 1. The fraction of sp³-hybridized carbons (Fsp3) is 0.412. The molecule has 0 aliphatic carbocycles. The summed E-state index contributed by atoms with van der Waals surface area (Å²) < 4.78 is 10.6. The van der Waals surface area contributed by atoms with Gasteiger partial charge in [-0.15, -0.1) is 6.58 Å². The molecule has 0 saturated carbocycles. The van der Waals surface area contributed by atoms with E-state index in [4.69, 9.17) is 9.47 Å². The Bertz CT molecular complexity index is 584. The van der Waals surface area contributed by atoms with Crippen molar-refractivity contribution in [3.8, 4) is 11.5 Å². The number of carbonyl (C=O) groups excluding carboxylic acids is 2. The molecule has 1 atom stereocenters. The van der Waals surface area contributed by atoms with Crippen LogP contribution in [0, 0.1) is 0 Å². The SMILES string of the molecule is C=CCc1cc(C(=O)NC(C)C(=O)NCC)cc(OC)c1OC. The van der Waals surface area contributed by atoms with Crippen LogP contribution >= 0.6 is 0 Å². The second-order valence-electron chi connectivity index (χ2n) is 4.95. The van der Waals surface area contributed by atoms with E-state index in [1.165, 1.54) is 7.11 Å². The van der Waals surface area contributed by atoms with Crippen molar-refractivity contribution in [2.24, 2.45) is 0 Å². The standard InChI is InChI=1S/C17H24N2O4/c1-6-8-12-9-13(10-14(22-4)15(12)23-5)17(21)19-11(3)16(20)18-7-2/h6,9-11H,1,7-8H2,2-5H3,(H,18,20)(H,19,21). The van der Waals surface area contributed by atoms with Crippen LogP contribution in [0.3, 0.4) is 0 Å². The number of rotatable bonds is 8. The quantitative estimate of drug-likeness (QED) is 0.715. The summed E-state index contributed by atoms with van der Waals surface area (Å²) in [6.45, 7) is 7.67. The fourth-order valence-electron chi connectivity index (χ4n) is 2.15. The van der Waals surface area contributed by atoms with E-state index >= 15 is 0 Å². The molecule has 2 amide bonds. The summed E-state index contributed by atoms with van der Waals surface area (Å²) >= 11 is 0. The molecule has 0 spiro atoms. The molecule has 0 aliphatic heterocycles. The molecule has 0 aliphatic rings. The summed E-state index contributed by atoms with van der Waals surface area (Å²) in [5, 5.41) is 5.33. The predicted octanol–water partition coefficient (Wildman–Crippen LogP) is 1.69. The minimum absolute atomic E-state index is 0.229. The van der Waals surface area contributed by atoms with Gasteiger partial charge in [0.05, 0.1) is 14.2 Å². The third-order valence-corrected chi connectivity index (χ3v) is 3.27. The molecule has 6 nitrogen and oxygen atoms in total. The Labute approximate surface area is 136 Å². The van der Waals surface area contributed by atoms with Crippen molar-refractivity contribution >= 4 is 11.8 Å². The number of nitrogens with one attached hydrogen (secondary N) is 2. The molecule has 0 bridgehead atoms. The van der Waals surface area contributed by atoms with E-state index in [0.29, 0.717) is 30.0 Å². The van der Waals surface area contributed by atoms with Gasteiger partial charge in [-0.25, -0.2) is 0 Å². The highest BCUT2D eigenvalue weighted by atomic mass is 16.5. The lowest BCUT2D eigenvalue weighted by Crippen LogP contribution is -2.44. The van der Waals surface area contributed by atoms with Gasteiger partial charge in [-0.05, 0) is 32.4 Å². The van der Waals surface area contributed by atoms with Gasteiger partial charge in [0.2, 0.25) is 5.91 Å². The van der Waals surface area contributed by atoms with E-state index in [2.05, 4.69) is 17.2 Å². The van der Waals surface area contributed by atoms with Crippen LogP contribution in [0.4, 0.5) is 0 Å². The van der Waals surface area contributed by atoms with Crippen LogP contribution < -0.4 is 20.1 Å². The van der Waals surface area contributed by atoms with Crippen molar-refractivity contribution < 1.29 is 19.1 Å². The van der Waals surface area contributed by atoms with Crippen molar-refractivity contribution in [3.63, 3.8) is 0 Å². The van der Waals surface area contributed by atoms with Gasteiger partial charge in [0.25, 0.3) is 5.91 Å². The smallest absolute Gasteiger partial charge is 0.252 e. The minimum Gasteiger partial charge on any atom is -0.493 e. The van der Waals surface area contributed by atoms with Crippen molar-refractivity contribution in [1.29, 1.82) is 0 Å². The molecule has 0 fully saturated rings. The highest BCUT2D eigenvalue weighted by molar-refractivity contribution is 5.98. The van der Waals surface area contributed by atoms with E-state index in [9.17, 15) is 9.59 Å². The maximum absolute atomic E-state index is 12.4. The number of ether oxygens (including phenoxy) is 2. The van der Waals surface area contributed by atoms with Crippen LogP contribution in [-0.2, 0) is 11.2 Å². The molecular weight excluding hydrogens is 296 g/mol. The van der Waals surface area contributed by atoms with Crippen LogP contribution in [0.25, 0.3) is 0 Å². The maximum Gasteiger partial charge on any atom is 0.252 e. The molecule has 126 valence electrons. The summed E-state index contributed by atoms with van der Waals surface area (Å²) in [6.07, 6.45) is 2.25. The molecule has 0 saturated heterocycles. The van der Waals surface area contributed by atoms with Crippen LogP contribution in [0.15, 0.2) is 24.8 Å². The first-order chi connectivity index (χ1) is 11.0. The summed E-state index contributed by atoms with van der Waals surface area (Å²) in [5.41, 5.74) is 1.19. The van der Waals surface area contributed by atoms with E-state index in [-0.39, 0.29) is 11.8 Å². The van der Waals surface area contributed by atoms with Gasteiger partial charge in [-0.2, -0.15) is 0 Å². The molecule has 0 aromatic heterocycles. The minimum atomic E-state index is -0.626. The second-order valence-corrected chi connectivity index (χ2v) is 4.95. The van der Waals surface area contributed by atoms with E-state index < -0.39 is 6.04 Å². The number of likely N-dealkylation sites (N-methyl/N-ethyl adjacent to an activating group) is 1. The lowest BCUT2D eigenvalue weighted by molar-refractivity contribution is -0.122. The number of hydrogen-bond acceptors (Lipinski definition) is 4. The lowest BCUT2D eigenvalue weighted by Gasteiger charge is -2.16. The van der Waals surface area contributed by atoms with Gasteiger partial charge in [0.15, 0.2) is 11.5 Å². The molecule has 0 heterocycles. The number of benzene rings is 1. The first-order valence-corrected chi connectivity index (χ1v) is 7.42. The average Bonchev–Trinajstić information content (AvgIpc) is 2.54.